The lowest BCUT2D eigenvalue weighted by molar-refractivity contribution is -0.140. The number of likely N-dealkylation sites (tertiary alicyclic amines) is 1. The standard InChI is InChI=1S/C22H24BrNO3S/c1-2-3-13-28-22(21(26)27)14-19(25)24(15-16-9-5-4-6-10-16)20(22)17-11-7-8-12-18(17)23/h4-12,20H,2-3,13-15H2,1H3,(H,26,27)/t20-,22-/m1/s1. The van der Waals surface area contributed by atoms with Gasteiger partial charge in [0, 0.05) is 11.0 Å². The highest BCUT2D eigenvalue weighted by atomic mass is 79.9. The summed E-state index contributed by atoms with van der Waals surface area (Å²) in [5.74, 6) is -0.315. The molecule has 1 aliphatic rings. The van der Waals surface area contributed by atoms with Gasteiger partial charge in [-0.3, -0.25) is 9.59 Å². The second kappa shape index (κ2) is 9.14. The molecule has 1 aliphatic heterocycles. The Labute approximate surface area is 178 Å². The molecule has 0 unspecified atom stereocenters. The van der Waals surface area contributed by atoms with Gasteiger partial charge < -0.3 is 10.0 Å². The van der Waals surface area contributed by atoms with Crippen LogP contribution in [0.1, 0.15) is 43.4 Å². The lowest BCUT2D eigenvalue weighted by atomic mass is 9.92. The van der Waals surface area contributed by atoms with Gasteiger partial charge in [0.2, 0.25) is 5.91 Å². The highest BCUT2D eigenvalue weighted by molar-refractivity contribution is 9.10. The molecule has 2 atom stereocenters. The number of nitrogens with zero attached hydrogens (tertiary/aromatic N) is 1. The Morgan fingerprint density at radius 2 is 1.89 bits per heavy atom. The van der Waals surface area contributed by atoms with E-state index in [9.17, 15) is 14.7 Å². The maximum absolute atomic E-state index is 13.1. The number of thioether (sulfide) groups is 1. The van der Waals surface area contributed by atoms with Crippen LogP contribution >= 0.6 is 27.7 Å². The highest BCUT2D eigenvalue weighted by Crippen LogP contribution is 2.52. The molecule has 0 aliphatic carbocycles. The summed E-state index contributed by atoms with van der Waals surface area (Å²) in [6.07, 6.45) is 1.93. The van der Waals surface area contributed by atoms with Crippen molar-refractivity contribution in [3.8, 4) is 0 Å². The summed E-state index contributed by atoms with van der Waals surface area (Å²) in [6.45, 7) is 2.48. The van der Waals surface area contributed by atoms with Crippen LogP contribution in [0.5, 0.6) is 0 Å². The molecule has 1 saturated heterocycles. The Morgan fingerprint density at radius 1 is 1.21 bits per heavy atom. The van der Waals surface area contributed by atoms with Gasteiger partial charge in [0.25, 0.3) is 0 Å². The minimum Gasteiger partial charge on any atom is -0.480 e. The third-order valence-corrected chi connectivity index (χ3v) is 7.37. The van der Waals surface area contributed by atoms with Crippen molar-refractivity contribution in [1.82, 2.24) is 4.90 Å². The SMILES string of the molecule is CCCCS[C@]1(C(=O)O)CC(=O)N(Cc2ccccc2)[C@@H]1c1ccccc1Br. The quantitative estimate of drug-likeness (QED) is 0.543. The first-order valence-corrected chi connectivity index (χ1v) is 11.2. The van der Waals surface area contributed by atoms with Gasteiger partial charge in [-0.1, -0.05) is 77.8 Å². The van der Waals surface area contributed by atoms with Gasteiger partial charge in [-0.25, -0.2) is 0 Å². The molecule has 0 radical (unpaired) electrons. The summed E-state index contributed by atoms with van der Waals surface area (Å²) in [5.41, 5.74) is 1.84. The Hall–Kier alpha value is -1.79. The summed E-state index contributed by atoms with van der Waals surface area (Å²) >= 11 is 4.99. The lowest BCUT2D eigenvalue weighted by Gasteiger charge is -2.35. The van der Waals surface area contributed by atoms with Gasteiger partial charge in [-0.15, -0.1) is 11.8 Å². The van der Waals surface area contributed by atoms with Crippen molar-refractivity contribution in [3.63, 3.8) is 0 Å². The molecular weight excluding hydrogens is 438 g/mol. The van der Waals surface area contributed by atoms with Crippen LogP contribution in [0, 0.1) is 0 Å². The fourth-order valence-electron chi connectivity index (χ4n) is 3.68. The zero-order valence-corrected chi connectivity index (χ0v) is 18.2. The first-order chi connectivity index (χ1) is 13.5. The molecule has 4 nitrogen and oxygen atoms in total. The zero-order valence-electron chi connectivity index (χ0n) is 15.8. The summed E-state index contributed by atoms with van der Waals surface area (Å²) in [5, 5.41) is 10.3. The van der Waals surface area contributed by atoms with Crippen LogP contribution in [0.4, 0.5) is 0 Å². The molecule has 1 heterocycles. The van der Waals surface area contributed by atoms with E-state index in [0.717, 1.165) is 34.2 Å². The van der Waals surface area contributed by atoms with Crippen LogP contribution in [0.25, 0.3) is 0 Å². The van der Waals surface area contributed by atoms with Crippen LogP contribution < -0.4 is 0 Å². The van der Waals surface area contributed by atoms with E-state index in [2.05, 4.69) is 22.9 Å². The average molecular weight is 462 g/mol. The highest BCUT2D eigenvalue weighted by Gasteiger charge is 2.58. The number of carbonyl (C=O) groups excluding carboxylic acids is 1. The van der Waals surface area contributed by atoms with Crippen molar-refractivity contribution in [2.45, 2.75) is 43.5 Å². The van der Waals surface area contributed by atoms with Gasteiger partial charge in [0.05, 0.1) is 12.5 Å². The molecule has 6 heteroatoms. The topological polar surface area (TPSA) is 57.6 Å². The number of unbranched alkanes of at least 4 members (excludes halogenated alkanes) is 1. The predicted octanol–water partition coefficient (Wildman–Crippen LogP) is 5.28. The van der Waals surface area contributed by atoms with Gasteiger partial charge >= 0.3 is 5.97 Å². The number of benzene rings is 2. The molecule has 0 saturated carbocycles. The second-order valence-corrected chi connectivity index (χ2v) is 9.28. The largest absolute Gasteiger partial charge is 0.480 e. The van der Waals surface area contributed by atoms with E-state index in [4.69, 9.17) is 0 Å². The van der Waals surface area contributed by atoms with Crippen LogP contribution in [0.15, 0.2) is 59.1 Å². The van der Waals surface area contributed by atoms with Crippen molar-refractivity contribution >= 4 is 39.6 Å². The zero-order chi connectivity index (χ0) is 20.1. The fourth-order valence-corrected chi connectivity index (χ4v) is 5.74. The van der Waals surface area contributed by atoms with E-state index < -0.39 is 16.8 Å². The maximum atomic E-state index is 13.1. The van der Waals surface area contributed by atoms with E-state index >= 15 is 0 Å². The maximum Gasteiger partial charge on any atom is 0.322 e. The lowest BCUT2D eigenvalue weighted by Crippen LogP contribution is -2.42. The molecule has 0 aromatic heterocycles. The van der Waals surface area contributed by atoms with E-state index in [1.165, 1.54) is 11.8 Å². The number of hydrogen-bond donors (Lipinski definition) is 1. The van der Waals surface area contributed by atoms with Crippen molar-refractivity contribution in [2.75, 3.05) is 5.75 Å². The predicted molar refractivity (Wildman–Crippen MR) is 116 cm³/mol. The molecular formula is C22H24BrNO3S. The molecule has 2 aromatic carbocycles. The van der Waals surface area contributed by atoms with Crippen molar-refractivity contribution in [1.29, 1.82) is 0 Å². The Balaban J connectivity index is 2.07. The van der Waals surface area contributed by atoms with Crippen molar-refractivity contribution < 1.29 is 14.7 Å². The molecule has 1 fully saturated rings. The van der Waals surface area contributed by atoms with Crippen LogP contribution in [0.3, 0.4) is 0 Å². The molecule has 148 valence electrons. The molecule has 28 heavy (non-hydrogen) atoms. The van der Waals surface area contributed by atoms with Gasteiger partial charge in [0.1, 0.15) is 4.75 Å². The Bertz CT molecular complexity index is 845. The number of carboxylic acid groups (broad SMARTS) is 1. The van der Waals surface area contributed by atoms with Crippen LogP contribution in [0.2, 0.25) is 0 Å². The average Bonchev–Trinajstić information content (AvgIpc) is 2.96. The smallest absolute Gasteiger partial charge is 0.322 e. The van der Waals surface area contributed by atoms with E-state index in [0.29, 0.717) is 6.54 Å². The normalized spacial score (nSPS) is 21.9. The first kappa shape index (κ1) is 20.9. The molecule has 2 aromatic rings. The van der Waals surface area contributed by atoms with Gasteiger partial charge in [-0.05, 0) is 29.4 Å². The van der Waals surface area contributed by atoms with Crippen LogP contribution in [-0.2, 0) is 16.1 Å². The van der Waals surface area contributed by atoms with Gasteiger partial charge in [0.15, 0.2) is 0 Å². The Morgan fingerprint density at radius 3 is 2.54 bits per heavy atom. The van der Waals surface area contributed by atoms with E-state index in [1.54, 1.807) is 4.90 Å². The molecule has 0 bridgehead atoms. The first-order valence-electron chi connectivity index (χ1n) is 9.44. The summed E-state index contributed by atoms with van der Waals surface area (Å²) in [4.78, 5) is 27.3. The number of carbonyl (C=O) groups is 2. The molecule has 0 spiro atoms. The number of rotatable bonds is 8. The third kappa shape index (κ3) is 4.13. The number of halogens is 1. The van der Waals surface area contributed by atoms with Crippen molar-refractivity contribution in [3.05, 3.63) is 70.2 Å². The fraction of sp³-hybridized carbons (Fsp3) is 0.364. The van der Waals surface area contributed by atoms with E-state index in [-0.39, 0.29) is 12.3 Å². The molecule has 3 rings (SSSR count). The number of aliphatic carboxylic acids is 1. The molecule has 1 N–H and O–H groups in total. The second-order valence-electron chi connectivity index (χ2n) is 7.00. The summed E-state index contributed by atoms with van der Waals surface area (Å²) in [6, 6.07) is 16.8. The molecule has 1 amide bonds. The number of amides is 1. The number of hydrogen-bond acceptors (Lipinski definition) is 3. The van der Waals surface area contributed by atoms with Gasteiger partial charge in [-0.2, -0.15) is 0 Å². The summed E-state index contributed by atoms with van der Waals surface area (Å²) in [7, 11) is 0. The third-order valence-electron chi connectivity index (χ3n) is 5.10. The van der Waals surface area contributed by atoms with Crippen LogP contribution in [-0.4, -0.2) is 32.4 Å². The van der Waals surface area contributed by atoms with E-state index in [1.807, 2.05) is 54.6 Å². The Kier molecular flexibility index (Phi) is 6.83. The minimum atomic E-state index is -1.19. The minimum absolute atomic E-state index is 0.00947. The number of carboxylic acids is 1. The summed E-state index contributed by atoms with van der Waals surface area (Å²) < 4.78 is -0.361. The monoisotopic (exact) mass is 461 g/mol. The van der Waals surface area contributed by atoms with Crippen molar-refractivity contribution in [2.24, 2.45) is 0 Å².